The summed E-state index contributed by atoms with van der Waals surface area (Å²) < 4.78 is 0. The van der Waals surface area contributed by atoms with Gasteiger partial charge >= 0.3 is 0 Å². The normalized spacial score (nSPS) is 23.5. The average Bonchev–Trinajstić information content (AvgIpc) is 2.40. The molecule has 0 aliphatic carbocycles. The molecule has 0 aromatic heterocycles. The van der Waals surface area contributed by atoms with Gasteiger partial charge in [0.2, 0.25) is 0 Å². The summed E-state index contributed by atoms with van der Waals surface area (Å²) in [6.07, 6.45) is 1.18. The smallest absolute Gasteiger partial charge is 0.188 e. The largest absolute Gasteiger partial charge is 0.370 e. The molecule has 1 rings (SSSR count). The quantitative estimate of drug-likeness (QED) is 0.477. The van der Waals surface area contributed by atoms with Gasteiger partial charge in [-0.15, -0.1) is 0 Å². The highest BCUT2D eigenvalue weighted by molar-refractivity contribution is 7.99. The minimum Gasteiger partial charge on any atom is -0.370 e. The Kier molecular flexibility index (Phi) is 3.05. The van der Waals surface area contributed by atoms with Gasteiger partial charge in [-0.1, -0.05) is 0 Å². The molecule has 4 heteroatoms. The van der Waals surface area contributed by atoms with Crippen LogP contribution < -0.4 is 5.73 Å². The minimum atomic E-state index is 0.222. The van der Waals surface area contributed by atoms with Crippen molar-refractivity contribution in [1.82, 2.24) is 4.90 Å². The SMILES string of the molecule is CCN(C(=N)N)C1CCSC1. The van der Waals surface area contributed by atoms with Crippen molar-refractivity contribution in [2.45, 2.75) is 19.4 Å². The molecule has 1 heterocycles. The zero-order valence-corrected chi connectivity index (χ0v) is 7.66. The number of rotatable bonds is 2. The van der Waals surface area contributed by atoms with Gasteiger partial charge in [0.25, 0.3) is 0 Å². The number of hydrogen-bond donors (Lipinski definition) is 2. The lowest BCUT2D eigenvalue weighted by Crippen LogP contribution is -2.43. The molecule has 1 aliphatic rings. The van der Waals surface area contributed by atoms with E-state index in [4.69, 9.17) is 11.1 Å². The molecule has 3 nitrogen and oxygen atoms in total. The van der Waals surface area contributed by atoms with Crippen LogP contribution in [0.1, 0.15) is 13.3 Å². The van der Waals surface area contributed by atoms with Crippen LogP contribution in [-0.4, -0.2) is 35.0 Å². The maximum atomic E-state index is 7.31. The second kappa shape index (κ2) is 3.85. The summed E-state index contributed by atoms with van der Waals surface area (Å²) >= 11 is 1.95. The fraction of sp³-hybridized carbons (Fsp3) is 0.857. The van der Waals surface area contributed by atoms with Gasteiger partial charge in [-0.2, -0.15) is 11.8 Å². The highest BCUT2D eigenvalue weighted by Gasteiger charge is 2.22. The first-order valence-corrected chi connectivity index (χ1v) is 5.09. The summed E-state index contributed by atoms with van der Waals surface area (Å²) in [7, 11) is 0. The van der Waals surface area contributed by atoms with Gasteiger partial charge in [-0.05, 0) is 19.1 Å². The minimum absolute atomic E-state index is 0.222. The van der Waals surface area contributed by atoms with Crippen LogP contribution >= 0.6 is 11.8 Å². The summed E-state index contributed by atoms with van der Waals surface area (Å²) in [5.41, 5.74) is 5.43. The van der Waals surface area contributed by atoms with Crippen LogP contribution in [0.15, 0.2) is 0 Å². The van der Waals surface area contributed by atoms with Crippen molar-refractivity contribution >= 4 is 17.7 Å². The summed E-state index contributed by atoms with van der Waals surface area (Å²) in [4.78, 5) is 1.97. The zero-order valence-electron chi connectivity index (χ0n) is 6.84. The van der Waals surface area contributed by atoms with E-state index >= 15 is 0 Å². The van der Waals surface area contributed by atoms with Crippen molar-refractivity contribution < 1.29 is 0 Å². The molecule has 0 spiro atoms. The van der Waals surface area contributed by atoms with Crippen molar-refractivity contribution in [3.05, 3.63) is 0 Å². The van der Waals surface area contributed by atoms with E-state index in [1.54, 1.807) is 0 Å². The predicted molar refractivity (Wildman–Crippen MR) is 50.0 cm³/mol. The van der Waals surface area contributed by atoms with Crippen molar-refractivity contribution in [3.63, 3.8) is 0 Å². The zero-order chi connectivity index (χ0) is 8.27. The lowest BCUT2D eigenvalue weighted by molar-refractivity contribution is 0.345. The lowest BCUT2D eigenvalue weighted by atomic mass is 10.2. The first-order chi connectivity index (χ1) is 5.25. The van der Waals surface area contributed by atoms with E-state index in [9.17, 15) is 0 Å². The molecule has 0 radical (unpaired) electrons. The van der Waals surface area contributed by atoms with Crippen molar-refractivity contribution in [1.29, 1.82) is 5.41 Å². The maximum absolute atomic E-state index is 7.31. The Morgan fingerprint density at radius 3 is 2.91 bits per heavy atom. The molecule has 0 amide bonds. The molecule has 0 bridgehead atoms. The molecule has 0 aromatic rings. The molecule has 3 N–H and O–H groups in total. The fourth-order valence-corrected chi connectivity index (χ4v) is 2.62. The van der Waals surface area contributed by atoms with E-state index in [-0.39, 0.29) is 5.96 Å². The molecule has 1 aliphatic heterocycles. The molecule has 1 saturated heterocycles. The van der Waals surface area contributed by atoms with Gasteiger partial charge in [-0.25, -0.2) is 0 Å². The Bertz CT molecular complexity index is 143. The maximum Gasteiger partial charge on any atom is 0.188 e. The van der Waals surface area contributed by atoms with Gasteiger partial charge in [-0.3, -0.25) is 5.41 Å². The molecule has 1 fully saturated rings. The van der Waals surface area contributed by atoms with Crippen molar-refractivity contribution in [2.24, 2.45) is 5.73 Å². The van der Waals surface area contributed by atoms with Gasteiger partial charge in [0.05, 0.1) is 0 Å². The number of hydrogen-bond acceptors (Lipinski definition) is 2. The Labute approximate surface area is 71.8 Å². The van der Waals surface area contributed by atoms with Crippen molar-refractivity contribution in [3.8, 4) is 0 Å². The Morgan fingerprint density at radius 1 is 1.82 bits per heavy atom. The Hall–Kier alpha value is -0.380. The Balaban J connectivity index is 2.46. The third kappa shape index (κ3) is 2.02. The number of nitrogens with two attached hydrogens (primary N) is 1. The van der Waals surface area contributed by atoms with Gasteiger partial charge < -0.3 is 10.6 Å². The predicted octanol–water partition coefficient (Wildman–Crippen LogP) is 0.707. The van der Waals surface area contributed by atoms with Gasteiger partial charge in [0.1, 0.15) is 0 Å². The molecule has 64 valence electrons. The van der Waals surface area contributed by atoms with Gasteiger partial charge in [0, 0.05) is 18.3 Å². The van der Waals surface area contributed by atoms with Gasteiger partial charge in [0.15, 0.2) is 5.96 Å². The van der Waals surface area contributed by atoms with E-state index in [0.29, 0.717) is 6.04 Å². The standard InChI is InChI=1S/C7H15N3S/c1-2-10(7(8)9)6-3-4-11-5-6/h6H,2-5H2,1H3,(H3,8,9). The summed E-state index contributed by atoms with van der Waals surface area (Å²) in [5.74, 6) is 2.57. The van der Waals surface area contributed by atoms with E-state index in [2.05, 4.69) is 0 Å². The molecule has 0 saturated carbocycles. The van der Waals surface area contributed by atoms with Crippen LogP contribution in [-0.2, 0) is 0 Å². The van der Waals surface area contributed by atoms with Crippen LogP contribution in [0.4, 0.5) is 0 Å². The first-order valence-electron chi connectivity index (χ1n) is 3.94. The summed E-state index contributed by atoms with van der Waals surface area (Å²) in [6, 6.07) is 0.516. The third-order valence-corrected chi connectivity index (χ3v) is 3.14. The second-order valence-corrected chi connectivity index (χ2v) is 3.84. The van der Waals surface area contributed by atoms with Crippen LogP contribution in [0.3, 0.4) is 0 Å². The molecule has 0 aromatic carbocycles. The van der Waals surface area contributed by atoms with E-state index in [1.807, 2.05) is 23.6 Å². The molecule has 11 heavy (non-hydrogen) atoms. The fourth-order valence-electron chi connectivity index (χ4n) is 1.39. The summed E-state index contributed by atoms with van der Waals surface area (Å²) in [6.45, 7) is 2.91. The number of thioether (sulfide) groups is 1. The third-order valence-electron chi connectivity index (χ3n) is 2.00. The first kappa shape index (κ1) is 8.71. The number of nitrogens with zero attached hydrogens (tertiary/aromatic N) is 1. The molecular formula is C7H15N3S. The van der Waals surface area contributed by atoms with E-state index < -0.39 is 0 Å². The molecule has 1 atom stereocenters. The molecular weight excluding hydrogens is 158 g/mol. The lowest BCUT2D eigenvalue weighted by Gasteiger charge is -2.26. The van der Waals surface area contributed by atoms with Crippen LogP contribution in [0, 0.1) is 5.41 Å². The number of nitrogens with one attached hydrogen (secondary N) is 1. The van der Waals surface area contributed by atoms with E-state index in [0.717, 1.165) is 12.3 Å². The van der Waals surface area contributed by atoms with E-state index in [1.165, 1.54) is 12.2 Å². The molecule has 1 unspecified atom stereocenters. The van der Waals surface area contributed by atoms with Crippen LogP contribution in [0.2, 0.25) is 0 Å². The topological polar surface area (TPSA) is 53.1 Å². The highest BCUT2D eigenvalue weighted by atomic mass is 32.2. The monoisotopic (exact) mass is 173 g/mol. The summed E-state index contributed by atoms with van der Waals surface area (Å²) in [5, 5.41) is 7.31. The second-order valence-electron chi connectivity index (χ2n) is 2.69. The Morgan fingerprint density at radius 2 is 2.55 bits per heavy atom. The van der Waals surface area contributed by atoms with Crippen LogP contribution in [0.25, 0.3) is 0 Å². The van der Waals surface area contributed by atoms with Crippen molar-refractivity contribution in [2.75, 3.05) is 18.1 Å². The van der Waals surface area contributed by atoms with Crippen LogP contribution in [0.5, 0.6) is 0 Å². The highest BCUT2D eigenvalue weighted by Crippen LogP contribution is 2.21. The number of guanidine groups is 1. The average molecular weight is 173 g/mol.